The lowest BCUT2D eigenvalue weighted by Gasteiger charge is -2.39. The van der Waals surface area contributed by atoms with Crippen molar-refractivity contribution in [3.63, 3.8) is 0 Å². The maximum Gasteiger partial charge on any atom is 0.222 e. The molecular formula is C20H20ClN5O. The number of hydrogen-bond acceptors (Lipinski definition) is 5. The highest BCUT2D eigenvalue weighted by atomic mass is 35.5. The molecule has 1 aromatic heterocycles. The fraction of sp³-hybridized carbons (Fsp3) is 0.400. The molecule has 1 aromatic carbocycles. The van der Waals surface area contributed by atoms with Gasteiger partial charge in [0.15, 0.2) is 12.0 Å². The Kier molecular flexibility index (Phi) is 4.95. The van der Waals surface area contributed by atoms with Gasteiger partial charge in [-0.25, -0.2) is 9.97 Å². The van der Waals surface area contributed by atoms with Crippen LogP contribution in [-0.2, 0) is 4.79 Å². The van der Waals surface area contributed by atoms with Gasteiger partial charge < -0.3 is 9.80 Å². The second-order valence-corrected chi connectivity index (χ2v) is 7.65. The molecule has 2 aliphatic rings. The first-order valence-electron chi connectivity index (χ1n) is 9.13. The summed E-state index contributed by atoms with van der Waals surface area (Å²) >= 11 is 5.94. The Morgan fingerprint density at radius 3 is 2.70 bits per heavy atom. The molecule has 4 rings (SSSR count). The summed E-state index contributed by atoms with van der Waals surface area (Å²) in [4.78, 5) is 25.1. The van der Waals surface area contributed by atoms with Crippen LogP contribution in [0.1, 0.15) is 24.5 Å². The zero-order chi connectivity index (χ0) is 18.8. The van der Waals surface area contributed by atoms with Gasteiger partial charge in [0.2, 0.25) is 5.91 Å². The predicted octanol–water partition coefficient (Wildman–Crippen LogP) is 2.92. The molecule has 1 atom stereocenters. The number of carbonyl (C=O) groups is 1. The van der Waals surface area contributed by atoms with Crippen molar-refractivity contribution in [2.45, 2.75) is 18.8 Å². The van der Waals surface area contributed by atoms with Crippen LogP contribution in [0, 0.1) is 17.4 Å². The Bertz CT molecular complexity index is 873. The number of hydrogen-bond donors (Lipinski definition) is 0. The van der Waals surface area contributed by atoms with E-state index in [9.17, 15) is 4.79 Å². The molecule has 138 valence electrons. The number of likely N-dealkylation sites (tertiary alicyclic amines) is 2. The Balaban J connectivity index is 1.34. The lowest BCUT2D eigenvalue weighted by molar-refractivity contribution is -0.136. The highest BCUT2D eigenvalue weighted by Gasteiger charge is 2.34. The van der Waals surface area contributed by atoms with E-state index >= 15 is 0 Å². The second-order valence-electron chi connectivity index (χ2n) is 7.21. The number of rotatable bonds is 4. The minimum atomic E-state index is 0.183. The second kappa shape index (κ2) is 7.53. The van der Waals surface area contributed by atoms with Crippen molar-refractivity contribution in [3.8, 4) is 17.6 Å². The van der Waals surface area contributed by atoms with Crippen LogP contribution < -0.4 is 0 Å². The van der Waals surface area contributed by atoms with Crippen LogP contribution in [-0.4, -0.2) is 51.9 Å². The van der Waals surface area contributed by atoms with E-state index in [0.29, 0.717) is 42.8 Å². The molecule has 0 N–H and O–H groups in total. The summed E-state index contributed by atoms with van der Waals surface area (Å²) in [5.74, 6) is 1.41. The fourth-order valence-electron chi connectivity index (χ4n) is 3.67. The largest absolute Gasteiger partial charge is 0.341 e. The molecule has 0 saturated carbocycles. The molecule has 27 heavy (non-hydrogen) atoms. The highest BCUT2D eigenvalue weighted by molar-refractivity contribution is 6.30. The van der Waals surface area contributed by atoms with Gasteiger partial charge in [0.25, 0.3) is 0 Å². The molecule has 0 bridgehead atoms. The number of halogens is 1. The van der Waals surface area contributed by atoms with Gasteiger partial charge in [-0.05, 0) is 42.7 Å². The van der Waals surface area contributed by atoms with Gasteiger partial charge in [-0.2, -0.15) is 5.26 Å². The van der Waals surface area contributed by atoms with E-state index in [2.05, 4.69) is 16.2 Å². The third-order valence-electron chi connectivity index (χ3n) is 5.32. The Labute approximate surface area is 163 Å². The Morgan fingerprint density at radius 1 is 1.22 bits per heavy atom. The van der Waals surface area contributed by atoms with E-state index < -0.39 is 0 Å². The molecule has 2 aliphatic heterocycles. The first kappa shape index (κ1) is 17.7. The normalized spacial score (nSPS) is 19.6. The zero-order valence-electron chi connectivity index (χ0n) is 14.9. The minimum Gasteiger partial charge on any atom is -0.341 e. The summed E-state index contributed by atoms with van der Waals surface area (Å²) in [5.41, 5.74) is 1.90. The van der Waals surface area contributed by atoms with E-state index in [4.69, 9.17) is 16.9 Å². The van der Waals surface area contributed by atoms with Gasteiger partial charge in [0.1, 0.15) is 0 Å². The first-order valence-corrected chi connectivity index (χ1v) is 9.51. The average molecular weight is 382 g/mol. The number of nitrogens with zero attached hydrogens (tertiary/aromatic N) is 5. The van der Waals surface area contributed by atoms with Crippen molar-refractivity contribution in [2.75, 3.05) is 26.2 Å². The van der Waals surface area contributed by atoms with Gasteiger partial charge in [-0.15, -0.1) is 0 Å². The lowest BCUT2D eigenvalue weighted by Crippen LogP contribution is -2.49. The molecule has 1 amide bonds. The minimum absolute atomic E-state index is 0.183. The molecule has 2 aromatic rings. The quantitative estimate of drug-likeness (QED) is 0.761. The predicted molar refractivity (Wildman–Crippen MR) is 102 cm³/mol. The topological polar surface area (TPSA) is 73.1 Å². The standard InChI is InChI=1S/C20H20ClN5O/c21-17-3-1-15(2-4-17)20-23-7-5-18(24-20)16-11-26(12-16)19(27)9-14-6-8-25(10-14)13-22/h1-5,7,14,16H,6,8-12H2/t14-/m0/s1. The SMILES string of the molecule is N#CN1CC[C@@H](CC(=O)N2CC(c3ccnc(-c4ccc(Cl)cc4)n3)C2)C1. The molecule has 2 fully saturated rings. The van der Waals surface area contributed by atoms with Crippen LogP contribution in [0.2, 0.25) is 5.02 Å². The summed E-state index contributed by atoms with van der Waals surface area (Å²) < 4.78 is 0. The van der Waals surface area contributed by atoms with Crippen LogP contribution >= 0.6 is 11.6 Å². The van der Waals surface area contributed by atoms with Crippen LogP contribution in [0.25, 0.3) is 11.4 Å². The van der Waals surface area contributed by atoms with Crippen molar-refractivity contribution in [1.82, 2.24) is 19.8 Å². The smallest absolute Gasteiger partial charge is 0.222 e. The third-order valence-corrected chi connectivity index (χ3v) is 5.57. The maximum absolute atomic E-state index is 12.5. The molecule has 0 aliphatic carbocycles. The van der Waals surface area contributed by atoms with Gasteiger partial charge >= 0.3 is 0 Å². The van der Waals surface area contributed by atoms with Crippen molar-refractivity contribution in [3.05, 3.63) is 47.2 Å². The van der Waals surface area contributed by atoms with E-state index in [0.717, 1.165) is 24.2 Å². The zero-order valence-corrected chi connectivity index (χ0v) is 15.6. The van der Waals surface area contributed by atoms with Crippen LogP contribution in [0.5, 0.6) is 0 Å². The summed E-state index contributed by atoms with van der Waals surface area (Å²) in [6.45, 7) is 2.87. The molecule has 6 nitrogen and oxygen atoms in total. The van der Waals surface area contributed by atoms with Crippen LogP contribution in [0.15, 0.2) is 36.5 Å². The molecular weight excluding hydrogens is 362 g/mol. The van der Waals surface area contributed by atoms with Gasteiger partial charge in [0.05, 0.1) is 5.69 Å². The first-order chi connectivity index (χ1) is 13.1. The third kappa shape index (κ3) is 3.88. The molecule has 0 spiro atoms. The van der Waals surface area contributed by atoms with Crippen molar-refractivity contribution >= 4 is 17.5 Å². The number of carbonyl (C=O) groups excluding carboxylic acids is 1. The summed E-state index contributed by atoms with van der Waals surface area (Å²) in [5, 5.41) is 9.61. The lowest BCUT2D eigenvalue weighted by atomic mass is 9.94. The molecule has 0 unspecified atom stereocenters. The maximum atomic E-state index is 12.5. The fourth-order valence-corrected chi connectivity index (χ4v) is 3.80. The van der Waals surface area contributed by atoms with Gasteiger partial charge in [0, 0.05) is 55.3 Å². The van der Waals surface area contributed by atoms with Gasteiger partial charge in [-0.1, -0.05) is 11.6 Å². The Hall–Kier alpha value is -2.65. The van der Waals surface area contributed by atoms with Crippen molar-refractivity contribution < 1.29 is 4.79 Å². The van der Waals surface area contributed by atoms with Crippen LogP contribution in [0.4, 0.5) is 0 Å². The van der Waals surface area contributed by atoms with E-state index in [1.807, 2.05) is 35.2 Å². The molecule has 3 heterocycles. The highest BCUT2D eigenvalue weighted by Crippen LogP contribution is 2.29. The van der Waals surface area contributed by atoms with E-state index in [-0.39, 0.29) is 11.8 Å². The molecule has 0 radical (unpaired) electrons. The average Bonchev–Trinajstić information content (AvgIpc) is 3.09. The number of aromatic nitrogens is 2. The number of amides is 1. The van der Waals surface area contributed by atoms with E-state index in [1.54, 1.807) is 11.1 Å². The summed E-state index contributed by atoms with van der Waals surface area (Å²) in [7, 11) is 0. The number of nitriles is 1. The summed E-state index contributed by atoms with van der Waals surface area (Å²) in [6.07, 6.45) is 5.39. The monoisotopic (exact) mass is 381 g/mol. The van der Waals surface area contributed by atoms with E-state index in [1.165, 1.54) is 0 Å². The molecule has 7 heteroatoms. The Morgan fingerprint density at radius 2 is 2.00 bits per heavy atom. The summed E-state index contributed by atoms with van der Waals surface area (Å²) in [6, 6.07) is 9.39. The van der Waals surface area contributed by atoms with Crippen molar-refractivity contribution in [1.29, 1.82) is 5.26 Å². The van der Waals surface area contributed by atoms with Crippen molar-refractivity contribution in [2.24, 2.45) is 5.92 Å². The molecule has 2 saturated heterocycles. The number of benzene rings is 1. The van der Waals surface area contributed by atoms with Crippen LogP contribution in [0.3, 0.4) is 0 Å². The van der Waals surface area contributed by atoms with Gasteiger partial charge in [-0.3, -0.25) is 4.79 Å².